The summed E-state index contributed by atoms with van der Waals surface area (Å²) in [5.41, 5.74) is -1.05. The third kappa shape index (κ3) is 3.11. The Morgan fingerprint density at radius 2 is 1.79 bits per heavy atom. The van der Waals surface area contributed by atoms with Crippen molar-refractivity contribution in [3.63, 3.8) is 0 Å². The Hall–Kier alpha value is -1.45. The summed E-state index contributed by atoms with van der Waals surface area (Å²) >= 11 is 5.67. The van der Waals surface area contributed by atoms with E-state index in [1.54, 1.807) is 6.07 Å². The summed E-state index contributed by atoms with van der Waals surface area (Å²) in [5.74, 6) is -1.02. The normalized spacial score (nSPS) is 14.2. The number of halogens is 3. The van der Waals surface area contributed by atoms with Gasteiger partial charge >= 0.3 is 0 Å². The van der Waals surface area contributed by atoms with Crippen molar-refractivity contribution in [2.45, 2.75) is 18.9 Å². The average molecular weight is 283 g/mol. The van der Waals surface area contributed by atoms with Gasteiger partial charge in [-0.2, -0.15) is 0 Å². The predicted octanol–water partition coefficient (Wildman–Crippen LogP) is 4.07. The summed E-state index contributed by atoms with van der Waals surface area (Å²) in [7, 11) is 0. The standard InChI is InChI=1S/C15H13ClF2O/c1-15(19,12-4-2-3-5-13(12)17)9-10-6-7-11(16)8-14(10)18/h2-8,19H,9H2,1H3. The smallest absolute Gasteiger partial charge is 0.129 e. The highest BCUT2D eigenvalue weighted by Gasteiger charge is 2.27. The summed E-state index contributed by atoms with van der Waals surface area (Å²) in [6.45, 7) is 1.46. The zero-order chi connectivity index (χ0) is 14.0. The fourth-order valence-electron chi connectivity index (χ4n) is 2.03. The molecule has 1 unspecified atom stereocenters. The molecule has 0 spiro atoms. The van der Waals surface area contributed by atoms with E-state index < -0.39 is 17.2 Å². The van der Waals surface area contributed by atoms with E-state index in [2.05, 4.69) is 0 Å². The van der Waals surface area contributed by atoms with Crippen LogP contribution < -0.4 is 0 Å². The van der Waals surface area contributed by atoms with E-state index in [0.717, 1.165) is 0 Å². The van der Waals surface area contributed by atoms with Crippen LogP contribution in [0, 0.1) is 11.6 Å². The molecule has 0 aromatic heterocycles. The first-order chi connectivity index (χ1) is 8.90. The molecule has 0 aliphatic rings. The summed E-state index contributed by atoms with van der Waals surface area (Å²) in [6, 6.07) is 10.1. The zero-order valence-electron chi connectivity index (χ0n) is 10.3. The lowest BCUT2D eigenvalue weighted by atomic mass is 9.88. The minimum absolute atomic E-state index is 0.0308. The summed E-state index contributed by atoms with van der Waals surface area (Å²) in [4.78, 5) is 0. The van der Waals surface area contributed by atoms with Crippen LogP contribution >= 0.6 is 11.6 Å². The van der Waals surface area contributed by atoms with E-state index in [0.29, 0.717) is 0 Å². The minimum atomic E-state index is -1.49. The first kappa shape index (κ1) is 14.0. The molecule has 1 N–H and O–H groups in total. The molecule has 0 heterocycles. The van der Waals surface area contributed by atoms with Crippen molar-refractivity contribution in [2.24, 2.45) is 0 Å². The molecule has 0 saturated heterocycles. The number of benzene rings is 2. The Labute approximate surface area is 115 Å². The molecule has 0 radical (unpaired) electrons. The maximum absolute atomic E-state index is 13.7. The summed E-state index contributed by atoms with van der Waals surface area (Å²) in [6.07, 6.45) is -0.0308. The van der Waals surface area contributed by atoms with Crippen molar-refractivity contribution < 1.29 is 13.9 Å². The van der Waals surface area contributed by atoms with Gasteiger partial charge in [0.25, 0.3) is 0 Å². The van der Waals surface area contributed by atoms with Gasteiger partial charge in [-0.25, -0.2) is 8.78 Å². The summed E-state index contributed by atoms with van der Waals surface area (Å²) < 4.78 is 27.4. The maximum atomic E-state index is 13.7. The molecule has 0 bridgehead atoms. The molecule has 4 heteroatoms. The lowest BCUT2D eigenvalue weighted by Gasteiger charge is -2.24. The molecule has 2 aromatic rings. The van der Waals surface area contributed by atoms with Gasteiger partial charge in [0.1, 0.15) is 11.6 Å². The molecule has 1 nitrogen and oxygen atoms in total. The maximum Gasteiger partial charge on any atom is 0.129 e. The molecule has 1 atom stereocenters. The molecule has 0 fully saturated rings. The van der Waals surface area contributed by atoms with Gasteiger partial charge in [0, 0.05) is 17.0 Å². The zero-order valence-corrected chi connectivity index (χ0v) is 11.1. The van der Waals surface area contributed by atoms with Crippen LogP contribution in [0.4, 0.5) is 8.78 Å². The van der Waals surface area contributed by atoms with Crippen LogP contribution in [0.1, 0.15) is 18.1 Å². The predicted molar refractivity (Wildman–Crippen MR) is 71.1 cm³/mol. The first-order valence-corrected chi connectivity index (χ1v) is 6.19. The first-order valence-electron chi connectivity index (χ1n) is 5.81. The second-order valence-corrected chi connectivity index (χ2v) is 5.10. The molecule has 0 aliphatic heterocycles. The Morgan fingerprint density at radius 1 is 1.11 bits per heavy atom. The minimum Gasteiger partial charge on any atom is -0.385 e. The Balaban J connectivity index is 2.33. The van der Waals surface area contributed by atoms with Crippen molar-refractivity contribution >= 4 is 11.6 Å². The Kier molecular flexibility index (Phi) is 3.88. The molecular weight excluding hydrogens is 270 g/mol. The lowest BCUT2D eigenvalue weighted by Crippen LogP contribution is -2.26. The fraction of sp³-hybridized carbons (Fsp3) is 0.200. The third-order valence-corrected chi connectivity index (χ3v) is 3.24. The van der Waals surface area contributed by atoms with Gasteiger partial charge in [-0.05, 0) is 30.7 Å². The van der Waals surface area contributed by atoms with Gasteiger partial charge in [0.2, 0.25) is 0 Å². The largest absolute Gasteiger partial charge is 0.385 e. The molecule has 0 saturated carbocycles. The van der Waals surface area contributed by atoms with E-state index >= 15 is 0 Å². The van der Waals surface area contributed by atoms with Crippen LogP contribution in [0.3, 0.4) is 0 Å². The molecular formula is C15H13ClF2O. The van der Waals surface area contributed by atoms with Crippen molar-refractivity contribution in [1.29, 1.82) is 0 Å². The van der Waals surface area contributed by atoms with E-state index in [-0.39, 0.29) is 22.6 Å². The molecule has 0 amide bonds. The van der Waals surface area contributed by atoms with Crippen LogP contribution in [0.2, 0.25) is 5.02 Å². The number of hydrogen-bond donors (Lipinski definition) is 1. The highest BCUT2D eigenvalue weighted by molar-refractivity contribution is 6.30. The van der Waals surface area contributed by atoms with Gasteiger partial charge in [0.05, 0.1) is 5.60 Å². The molecule has 19 heavy (non-hydrogen) atoms. The van der Waals surface area contributed by atoms with Crippen LogP contribution in [-0.4, -0.2) is 5.11 Å². The van der Waals surface area contributed by atoms with Crippen LogP contribution in [0.5, 0.6) is 0 Å². The molecule has 2 rings (SSSR count). The highest BCUT2D eigenvalue weighted by Crippen LogP contribution is 2.29. The Morgan fingerprint density at radius 3 is 2.42 bits per heavy atom. The van der Waals surface area contributed by atoms with E-state index in [4.69, 9.17) is 11.6 Å². The average Bonchev–Trinajstić information content (AvgIpc) is 2.33. The molecule has 100 valence electrons. The van der Waals surface area contributed by atoms with Gasteiger partial charge in [-0.3, -0.25) is 0 Å². The van der Waals surface area contributed by atoms with Crippen LogP contribution in [0.25, 0.3) is 0 Å². The van der Waals surface area contributed by atoms with Gasteiger partial charge in [0.15, 0.2) is 0 Å². The highest BCUT2D eigenvalue weighted by atomic mass is 35.5. The number of hydrogen-bond acceptors (Lipinski definition) is 1. The van der Waals surface area contributed by atoms with Crippen molar-refractivity contribution in [1.82, 2.24) is 0 Å². The summed E-state index contributed by atoms with van der Waals surface area (Å²) in [5, 5.41) is 10.7. The topological polar surface area (TPSA) is 20.2 Å². The monoisotopic (exact) mass is 282 g/mol. The molecule has 2 aromatic carbocycles. The lowest BCUT2D eigenvalue weighted by molar-refractivity contribution is 0.0529. The SMILES string of the molecule is CC(O)(Cc1ccc(Cl)cc1F)c1ccccc1F. The van der Waals surface area contributed by atoms with E-state index in [1.807, 2.05) is 0 Å². The Bertz CT molecular complexity index is 596. The quantitative estimate of drug-likeness (QED) is 0.900. The van der Waals surface area contributed by atoms with Crippen molar-refractivity contribution in [2.75, 3.05) is 0 Å². The fourth-order valence-corrected chi connectivity index (χ4v) is 2.19. The third-order valence-electron chi connectivity index (χ3n) is 3.00. The van der Waals surface area contributed by atoms with E-state index in [1.165, 1.54) is 43.3 Å². The second-order valence-electron chi connectivity index (χ2n) is 4.67. The molecule has 0 aliphatic carbocycles. The van der Waals surface area contributed by atoms with Crippen LogP contribution in [0.15, 0.2) is 42.5 Å². The van der Waals surface area contributed by atoms with Gasteiger partial charge < -0.3 is 5.11 Å². The van der Waals surface area contributed by atoms with Crippen molar-refractivity contribution in [3.05, 3.63) is 70.2 Å². The van der Waals surface area contributed by atoms with Crippen molar-refractivity contribution in [3.8, 4) is 0 Å². The number of aliphatic hydroxyl groups is 1. The van der Waals surface area contributed by atoms with Gasteiger partial charge in [-0.1, -0.05) is 35.9 Å². The van der Waals surface area contributed by atoms with Crippen LogP contribution in [-0.2, 0) is 12.0 Å². The number of rotatable bonds is 3. The van der Waals surface area contributed by atoms with Gasteiger partial charge in [-0.15, -0.1) is 0 Å². The van der Waals surface area contributed by atoms with E-state index in [9.17, 15) is 13.9 Å². The second kappa shape index (κ2) is 5.27.